The minimum atomic E-state index is 0.680. The van der Waals surface area contributed by atoms with Crippen LogP contribution in [0.5, 0.6) is 0 Å². The third kappa shape index (κ3) is 3.51. The first-order chi connectivity index (χ1) is 18.8. The molecule has 178 valence electrons. The van der Waals surface area contributed by atoms with E-state index in [9.17, 15) is 0 Å². The van der Waals surface area contributed by atoms with Gasteiger partial charge >= 0.3 is 0 Å². The monoisotopic (exact) mass is 521 g/mol. The smallest absolute Gasteiger partial charge is 0.163 e. The normalized spacial score (nSPS) is 12.5. The molecule has 0 radical (unpaired) electrons. The minimum Gasteiger partial charge on any atom is -0.217 e. The van der Waals surface area contributed by atoms with E-state index in [2.05, 4.69) is 119 Å². The van der Waals surface area contributed by atoms with Crippen molar-refractivity contribution in [2.75, 3.05) is 0 Å². The van der Waals surface area contributed by atoms with Gasteiger partial charge in [0.15, 0.2) is 11.6 Å². The summed E-state index contributed by atoms with van der Waals surface area (Å²) in [5, 5.41) is 7.48. The number of fused-ring (bicyclic) bond motifs is 8. The minimum absolute atomic E-state index is 0.680. The Morgan fingerprint density at radius 3 is 1.53 bits per heavy atom. The zero-order valence-corrected chi connectivity index (χ0v) is 21.8. The van der Waals surface area contributed by atoms with Crippen LogP contribution < -0.4 is 0 Å². The topological polar surface area (TPSA) is 38.7 Å². The van der Waals surface area contributed by atoms with Gasteiger partial charge in [-0.3, -0.25) is 0 Å². The second kappa shape index (κ2) is 8.69. The number of nitrogens with zero attached hydrogens (tertiary/aromatic N) is 3. The SMILES string of the molecule is c1ccc2c(c1)Sc1ccc(-c3ncnc(-c4ccc5c6ccccc6c6ccccc6c5c4)n3)cc1S2. The van der Waals surface area contributed by atoms with Crippen molar-refractivity contribution in [2.24, 2.45) is 0 Å². The van der Waals surface area contributed by atoms with Crippen molar-refractivity contribution in [1.82, 2.24) is 15.0 Å². The van der Waals surface area contributed by atoms with Gasteiger partial charge in [-0.05, 0) is 68.7 Å². The van der Waals surface area contributed by atoms with Crippen LogP contribution in [0.1, 0.15) is 0 Å². The van der Waals surface area contributed by atoms with Gasteiger partial charge in [-0.2, -0.15) is 0 Å². The molecule has 8 rings (SSSR count). The van der Waals surface area contributed by atoms with Crippen molar-refractivity contribution in [3.05, 3.63) is 116 Å². The van der Waals surface area contributed by atoms with E-state index in [4.69, 9.17) is 4.98 Å². The van der Waals surface area contributed by atoms with E-state index in [-0.39, 0.29) is 0 Å². The molecule has 1 aliphatic rings. The number of rotatable bonds is 2. The van der Waals surface area contributed by atoms with E-state index < -0.39 is 0 Å². The van der Waals surface area contributed by atoms with E-state index in [0.29, 0.717) is 11.6 Å². The van der Waals surface area contributed by atoms with Gasteiger partial charge in [0.25, 0.3) is 0 Å². The summed E-state index contributed by atoms with van der Waals surface area (Å²) in [7, 11) is 0. The van der Waals surface area contributed by atoms with E-state index in [1.54, 1.807) is 18.1 Å². The molecule has 1 aromatic heterocycles. The lowest BCUT2D eigenvalue weighted by Gasteiger charge is -2.18. The lowest BCUT2D eigenvalue weighted by atomic mass is 9.93. The van der Waals surface area contributed by atoms with Gasteiger partial charge in [0.2, 0.25) is 0 Å². The molecule has 38 heavy (non-hydrogen) atoms. The molecule has 0 bridgehead atoms. The van der Waals surface area contributed by atoms with Gasteiger partial charge in [0.05, 0.1) is 0 Å². The highest BCUT2D eigenvalue weighted by Gasteiger charge is 2.18. The van der Waals surface area contributed by atoms with Crippen LogP contribution in [0, 0.1) is 0 Å². The van der Waals surface area contributed by atoms with Gasteiger partial charge in [-0.25, -0.2) is 15.0 Å². The van der Waals surface area contributed by atoms with Crippen LogP contribution >= 0.6 is 23.5 Å². The summed E-state index contributed by atoms with van der Waals surface area (Å²) in [6.07, 6.45) is 1.62. The molecule has 1 aliphatic heterocycles. The van der Waals surface area contributed by atoms with Gasteiger partial charge in [0, 0.05) is 30.7 Å². The molecule has 0 atom stereocenters. The fourth-order valence-electron chi connectivity index (χ4n) is 5.29. The van der Waals surface area contributed by atoms with Crippen molar-refractivity contribution in [1.29, 1.82) is 0 Å². The highest BCUT2D eigenvalue weighted by molar-refractivity contribution is 8.05. The Bertz CT molecular complexity index is 2020. The predicted molar refractivity (Wildman–Crippen MR) is 158 cm³/mol. The van der Waals surface area contributed by atoms with Crippen LogP contribution in [0.3, 0.4) is 0 Å². The lowest BCUT2D eigenvalue weighted by Crippen LogP contribution is -1.96. The van der Waals surface area contributed by atoms with Crippen LogP contribution in [0.15, 0.2) is 135 Å². The molecule has 0 fully saturated rings. The van der Waals surface area contributed by atoms with Crippen LogP contribution in [0.25, 0.3) is 55.1 Å². The molecule has 0 spiro atoms. The Balaban J connectivity index is 1.24. The Hall–Kier alpha value is -4.19. The molecule has 7 aromatic rings. The van der Waals surface area contributed by atoms with Crippen LogP contribution in [0.4, 0.5) is 0 Å². The van der Waals surface area contributed by atoms with Gasteiger partial charge in [0.1, 0.15) is 6.33 Å². The first kappa shape index (κ1) is 21.9. The molecule has 0 saturated carbocycles. The van der Waals surface area contributed by atoms with E-state index in [0.717, 1.165) is 11.1 Å². The van der Waals surface area contributed by atoms with Crippen LogP contribution in [-0.2, 0) is 0 Å². The molecule has 0 amide bonds. The summed E-state index contributed by atoms with van der Waals surface area (Å²) in [5.41, 5.74) is 1.98. The summed E-state index contributed by atoms with van der Waals surface area (Å²) >= 11 is 3.62. The van der Waals surface area contributed by atoms with Crippen LogP contribution in [0.2, 0.25) is 0 Å². The van der Waals surface area contributed by atoms with E-state index in [1.807, 2.05) is 11.8 Å². The quantitative estimate of drug-likeness (QED) is 0.212. The number of aromatic nitrogens is 3. The molecule has 0 unspecified atom stereocenters. The molecule has 5 heteroatoms. The standard InChI is InChI=1S/C33H19N3S2/c1-2-9-24-22(7-1)23-8-3-4-10-25(23)27-17-20(13-15-26(24)27)32-34-19-35-33(36-32)21-14-16-30-31(18-21)38-29-12-6-5-11-28(29)37-30/h1-19H. The third-order valence-electron chi connectivity index (χ3n) is 7.07. The second-order valence-electron chi connectivity index (χ2n) is 9.30. The number of hydrogen-bond acceptors (Lipinski definition) is 5. The third-order valence-corrected chi connectivity index (χ3v) is 9.61. The largest absolute Gasteiger partial charge is 0.217 e. The summed E-state index contributed by atoms with van der Waals surface area (Å²) < 4.78 is 0. The second-order valence-corrected chi connectivity index (χ2v) is 11.5. The predicted octanol–water partition coefficient (Wildman–Crippen LogP) is 9.28. The molecular formula is C33H19N3S2. The van der Waals surface area contributed by atoms with Crippen molar-refractivity contribution in [3.8, 4) is 22.8 Å². The maximum atomic E-state index is 4.92. The maximum absolute atomic E-state index is 4.92. The Morgan fingerprint density at radius 2 is 0.868 bits per heavy atom. The fourth-order valence-corrected chi connectivity index (χ4v) is 7.54. The van der Waals surface area contributed by atoms with Crippen molar-refractivity contribution >= 4 is 55.8 Å². The first-order valence-electron chi connectivity index (χ1n) is 12.4. The highest BCUT2D eigenvalue weighted by atomic mass is 32.2. The molecule has 0 saturated heterocycles. The highest BCUT2D eigenvalue weighted by Crippen LogP contribution is 2.49. The molecule has 6 aromatic carbocycles. The molecule has 0 aliphatic carbocycles. The Morgan fingerprint density at radius 1 is 0.395 bits per heavy atom. The van der Waals surface area contributed by atoms with Gasteiger partial charge < -0.3 is 0 Å². The van der Waals surface area contributed by atoms with Crippen molar-refractivity contribution in [3.63, 3.8) is 0 Å². The maximum Gasteiger partial charge on any atom is 0.163 e. The summed E-state index contributed by atoms with van der Waals surface area (Å²) in [4.78, 5) is 19.1. The fraction of sp³-hybridized carbons (Fsp3) is 0. The van der Waals surface area contributed by atoms with Crippen molar-refractivity contribution < 1.29 is 0 Å². The lowest BCUT2D eigenvalue weighted by molar-refractivity contribution is 1.06. The average Bonchev–Trinajstić information content (AvgIpc) is 2.99. The molecule has 3 nitrogen and oxygen atoms in total. The Labute approximate surface area is 228 Å². The van der Waals surface area contributed by atoms with Crippen molar-refractivity contribution in [2.45, 2.75) is 19.6 Å². The molecule has 0 N–H and O–H groups in total. The molecular weight excluding hydrogens is 503 g/mol. The summed E-state index contributed by atoms with van der Waals surface area (Å²) in [6.45, 7) is 0. The van der Waals surface area contributed by atoms with Crippen LogP contribution in [-0.4, -0.2) is 15.0 Å². The van der Waals surface area contributed by atoms with E-state index in [1.165, 1.54) is 51.9 Å². The van der Waals surface area contributed by atoms with Gasteiger partial charge in [-0.15, -0.1) is 0 Å². The Kier molecular flexibility index (Phi) is 5.00. The zero-order valence-electron chi connectivity index (χ0n) is 20.1. The van der Waals surface area contributed by atoms with Gasteiger partial charge in [-0.1, -0.05) is 96.3 Å². The van der Waals surface area contributed by atoms with E-state index >= 15 is 0 Å². The first-order valence-corrected chi connectivity index (χ1v) is 14.1. The average molecular weight is 522 g/mol. The number of hydrogen-bond donors (Lipinski definition) is 0. The zero-order chi connectivity index (χ0) is 25.1. The number of benzene rings is 6. The summed E-state index contributed by atoms with van der Waals surface area (Å²) in [6, 6.07) is 38.8. The molecule has 2 heterocycles. The summed E-state index contributed by atoms with van der Waals surface area (Å²) in [5.74, 6) is 1.37.